The molecule has 3 nitrogen and oxygen atoms in total. The molecule has 1 heterocycles. The first-order chi connectivity index (χ1) is 6.86. The van der Waals surface area contributed by atoms with Gasteiger partial charge in [-0.25, -0.2) is 4.98 Å². The van der Waals surface area contributed by atoms with Crippen LogP contribution in [-0.4, -0.2) is 30.6 Å². The van der Waals surface area contributed by atoms with E-state index in [2.05, 4.69) is 10.3 Å². The molecule has 0 bridgehead atoms. The zero-order valence-electron chi connectivity index (χ0n) is 8.20. The summed E-state index contributed by atoms with van der Waals surface area (Å²) in [5.74, 6) is 0.652. The molecule has 80 valence electrons. The SMILES string of the molecule is COCC(CCCl)NCc1nccs1. The molecule has 0 amide bonds. The number of hydrogen-bond acceptors (Lipinski definition) is 4. The Morgan fingerprint density at radius 1 is 1.71 bits per heavy atom. The summed E-state index contributed by atoms with van der Waals surface area (Å²) in [4.78, 5) is 4.19. The summed E-state index contributed by atoms with van der Waals surface area (Å²) in [5, 5.41) is 6.44. The van der Waals surface area contributed by atoms with E-state index in [0.29, 0.717) is 18.5 Å². The van der Waals surface area contributed by atoms with Gasteiger partial charge < -0.3 is 10.1 Å². The molecule has 0 aliphatic heterocycles. The Morgan fingerprint density at radius 2 is 2.57 bits per heavy atom. The van der Waals surface area contributed by atoms with Gasteiger partial charge >= 0.3 is 0 Å². The first-order valence-corrected chi connectivity index (χ1v) is 5.95. The van der Waals surface area contributed by atoms with E-state index in [4.69, 9.17) is 16.3 Å². The van der Waals surface area contributed by atoms with E-state index in [1.807, 2.05) is 11.6 Å². The molecular weight excluding hydrogens is 220 g/mol. The number of methoxy groups -OCH3 is 1. The molecule has 0 spiro atoms. The molecule has 5 heteroatoms. The van der Waals surface area contributed by atoms with Crippen molar-refractivity contribution in [2.24, 2.45) is 0 Å². The standard InChI is InChI=1S/C9H15ClN2OS/c1-13-7-8(2-3-10)12-6-9-11-4-5-14-9/h4-5,8,12H,2-3,6-7H2,1H3. The van der Waals surface area contributed by atoms with Crippen LogP contribution in [0.1, 0.15) is 11.4 Å². The summed E-state index contributed by atoms with van der Waals surface area (Å²) in [6.45, 7) is 1.49. The second kappa shape index (κ2) is 7.17. The lowest BCUT2D eigenvalue weighted by Crippen LogP contribution is -2.33. The predicted molar refractivity (Wildman–Crippen MR) is 60.0 cm³/mol. The van der Waals surface area contributed by atoms with E-state index in [1.54, 1.807) is 18.4 Å². The fourth-order valence-electron chi connectivity index (χ4n) is 1.15. The second-order valence-corrected chi connectivity index (χ2v) is 4.29. The Balaban J connectivity index is 2.25. The number of halogens is 1. The van der Waals surface area contributed by atoms with Crippen LogP contribution in [0.15, 0.2) is 11.6 Å². The maximum atomic E-state index is 5.68. The molecule has 0 aromatic carbocycles. The normalized spacial score (nSPS) is 13.0. The van der Waals surface area contributed by atoms with Crippen LogP contribution >= 0.6 is 22.9 Å². The Kier molecular flexibility index (Phi) is 6.10. The Bertz CT molecular complexity index is 225. The smallest absolute Gasteiger partial charge is 0.106 e. The summed E-state index contributed by atoms with van der Waals surface area (Å²) >= 11 is 7.34. The Labute approximate surface area is 93.4 Å². The largest absolute Gasteiger partial charge is 0.383 e. The highest BCUT2D eigenvalue weighted by molar-refractivity contribution is 7.09. The Morgan fingerprint density at radius 3 is 3.14 bits per heavy atom. The van der Waals surface area contributed by atoms with Crippen molar-refractivity contribution in [2.45, 2.75) is 19.0 Å². The number of hydrogen-bond donors (Lipinski definition) is 1. The number of aromatic nitrogens is 1. The van der Waals surface area contributed by atoms with Crippen molar-refractivity contribution < 1.29 is 4.74 Å². The van der Waals surface area contributed by atoms with Crippen LogP contribution in [0.2, 0.25) is 0 Å². The van der Waals surface area contributed by atoms with Gasteiger partial charge in [-0.3, -0.25) is 0 Å². The molecule has 14 heavy (non-hydrogen) atoms. The average Bonchev–Trinajstić information content (AvgIpc) is 2.67. The van der Waals surface area contributed by atoms with Crippen LogP contribution in [0.3, 0.4) is 0 Å². The minimum Gasteiger partial charge on any atom is -0.383 e. The van der Waals surface area contributed by atoms with E-state index < -0.39 is 0 Å². The predicted octanol–water partition coefficient (Wildman–Crippen LogP) is 1.88. The van der Waals surface area contributed by atoms with Crippen molar-refractivity contribution >= 4 is 22.9 Å². The third kappa shape index (κ3) is 4.37. The van der Waals surface area contributed by atoms with Crippen molar-refractivity contribution in [2.75, 3.05) is 19.6 Å². The number of alkyl halides is 1. The van der Waals surface area contributed by atoms with Gasteiger partial charge in [-0.05, 0) is 6.42 Å². The van der Waals surface area contributed by atoms with Gasteiger partial charge in [-0.2, -0.15) is 0 Å². The zero-order valence-corrected chi connectivity index (χ0v) is 9.77. The Hall–Kier alpha value is -0.160. The van der Waals surface area contributed by atoms with Gasteiger partial charge in [0, 0.05) is 37.2 Å². The quantitative estimate of drug-likeness (QED) is 0.732. The third-order valence-electron chi connectivity index (χ3n) is 1.85. The molecule has 0 fully saturated rings. The second-order valence-electron chi connectivity index (χ2n) is 2.94. The maximum absolute atomic E-state index is 5.68. The maximum Gasteiger partial charge on any atom is 0.106 e. The molecule has 0 aliphatic carbocycles. The molecule has 1 aromatic rings. The average molecular weight is 235 g/mol. The van der Waals surface area contributed by atoms with Crippen molar-refractivity contribution in [3.63, 3.8) is 0 Å². The van der Waals surface area contributed by atoms with Gasteiger partial charge in [0.2, 0.25) is 0 Å². The molecule has 0 saturated carbocycles. The molecule has 0 aliphatic rings. The van der Waals surface area contributed by atoms with E-state index in [0.717, 1.165) is 18.0 Å². The van der Waals surface area contributed by atoms with Gasteiger partial charge in [-0.15, -0.1) is 22.9 Å². The van der Waals surface area contributed by atoms with Crippen molar-refractivity contribution in [1.82, 2.24) is 10.3 Å². The monoisotopic (exact) mass is 234 g/mol. The first-order valence-electron chi connectivity index (χ1n) is 4.53. The fourth-order valence-corrected chi connectivity index (χ4v) is 1.98. The van der Waals surface area contributed by atoms with Crippen LogP contribution < -0.4 is 5.32 Å². The van der Waals surface area contributed by atoms with Crippen LogP contribution in [0.5, 0.6) is 0 Å². The molecule has 1 atom stereocenters. The van der Waals surface area contributed by atoms with Gasteiger partial charge in [0.1, 0.15) is 5.01 Å². The molecule has 1 N–H and O–H groups in total. The lowest BCUT2D eigenvalue weighted by molar-refractivity contribution is 0.164. The number of thiazole rings is 1. The summed E-state index contributed by atoms with van der Waals surface area (Å²) < 4.78 is 5.09. The molecule has 1 unspecified atom stereocenters. The highest BCUT2D eigenvalue weighted by Crippen LogP contribution is 2.04. The van der Waals surface area contributed by atoms with E-state index in [1.165, 1.54) is 0 Å². The third-order valence-corrected chi connectivity index (χ3v) is 2.85. The molecule has 0 saturated heterocycles. The lowest BCUT2D eigenvalue weighted by Gasteiger charge is -2.15. The number of ether oxygens (including phenoxy) is 1. The number of nitrogens with one attached hydrogen (secondary N) is 1. The zero-order chi connectivity index (χ0) is 10.2. The van der Waals surface area contributed by atoms with E-state index >= 15 is 0 Å². The molecule has 0 radical (unpaired) electrons. The highest BCUT2D eigenvalue weighted by Gasteiger charge is 2.07. The summed E-state index contributed by atoms with van der Waals surface area (Å²) in [6, 6.07) is 0.321. The minimum absolute atomic E-state index is 0.321. The van der Waals surface area contributed by atoms with Crippen molar-refractivity contribution in [3.05, 3.63) is 16.6 Å². The molecule has 1 aromatic heterocycles. The first kappa shape index (κ1) is 11.9. The van der Waals surface area contributed by atoms with Crippen molar-refractivity contribution in [1.29, 1.82) is 0 Å². The topological polar surface area (TPSA) is 34.1 Å². The minimum atomic E-state index is 0.321. The van der Waals surface area contributed by atoms with Gasteiger partial charge in [0.15, 0.2) is 0 Å². The molecular formula is C9H15ClN2OS. The van der Waals surface area contributed by atoms with Crippen LogP contribution in [0.25, 0.3) is 0 Å². The number of nitrogens with zero attached hydrogens (tertiary/aromatic N) is 1. The summed E-state index contributed by atoms with van der Waals surface area (Å²) in [7, 11) is 1.70. The van der Waals surface area contributed by atoms with Gasteiger partial charge in [0.25, 0.3) is 0 Å². The molecule has 1 rings (SSSR count). The van der Waals surface area contributed by atoms with Crippen molar-refractivity contribution in [3.8, 4) is 0 Å². The number of rotatable bonds is 7. The van der Waals surface area contributed by atoms with E-state index in [9.17, 15) is 0 Å². The van der Waals surface area contributed by atoms with Gasteiger partial charge in [-0.1, -0.05) is 0 Å². The van der Waals surface area contributed by atoms with Crippen LogP contribution in [-0.2, 0) is 11.3 Å². The van der Waals surface area contributed by atoms with E-state index in [-0.39, 0.29) is 0 Å². The van der Waals surface area contributed by atoms with Gasteiger partial charge in [0.05, 0.1) is 6.61 Å². The fraction of sp³-hybridized carbons (Fsp3) is 0.667. The van der Waals surface area contributed by atoms with Crippen LogP contribution in [0, 0.1) is 0 Å². The highest BCUT2D eigenvalue weighted by atomic mass is 35.5. The summed E-state index contributed by atoms with van der Waals surface area (Å²) in [5.41, 5.74) is 0. The summed E-state index contributed by atoms with van der Waals surface area (Å²) in [6.07, 6.45) is 2.73. The van der Waals surface area contributed by atoms with Crippen LogP contribution in [0.4, 0.5) is 0 Å². The lowest BCUT2D eigenvalue weighted by atomic mass is 10.2.